The van der Waals surface area contributed by atoms with Crippen LogP contribution in [0, 0.1) is 32.6 Å². The first-order chi connectivity index (χ1) is 16.1. The Morgan fingerprint density at radius 3 is 2.21 bits per heavy atom. The quantitative estimate of drug-likeness (QED) is 0.293. The first-order valence-electron chi connectivity index (χ1n) is 10.5. The molecular formula is C24H22N4O6. The third-order valence-electron chi connectivity index (χ3n) is 5.70. The van der Waals surface area contributed by atoms with Gasteiger partial charge in [-0.15, -0.1) is 0 Å². The Morgan fingerprint density at radius 1 is 1.00 bits per heavy atom. The van der Waals surface area contributed by atoms with Gasteiger partial charge in [0.1, 0.15) is 0 Å². The molecule has 0 fully saturated rings. The fraction of sp³-hybridized carbons (Fsp3) is 0.250. The SMILES string of the molecule is Cc1cc2c(n1-c1ccccc1)CC(C)(C)C/C2=N\OC(=O)c1cc([N+](=O)[O-])cc([N+](=O)[O-])c1. The van der Waals surface area contributed by atoms with Crippen molar-refractivity contribution in [3.05, 3.63) is 97.3 Å². The molecule has 2 aromatic carbocycles. The van der Waals surface area contributed by atoms with Gasteiger partial charge in [0.05, 0.1) is 27.2 Å². The highest BCUT2D eigenvalue weighted by atomic mass is 16.7. The van der Waals surface area contributed by atoms with E-state index in [1.807, 2.05) is 43.3 Å². The summed E-state index contributed by atoms with van der Waals surface area (Å²) in [6.45, 7) is 6.17. The molecule has 34 heavy (non-hydrogen) atoms. The normalized spacial score (nSPS) is 15.6. The minimum absolute atomic E-state index is 0.167. The largest absolute Gasteiger partial charge is 0.366 e. The molecule has 0 radical (unpaired) electrons. The summed E-state index contributed by atoms with van der Waals surface area (Å²) in [5, 5.41) is 26.3. The summed E-state index contributed by atoms with van der Waals surface area (Å²) in [7, 11) is 0. The first kappa shape index (κ1) is 22.8. The van der Waals surface area contributed by atoms with Crippen molar-refractivity contribution >= 4 is 23.1 Å². The number of nitrogens with zero attached hydrogens (tertiary/aromatic N) is 4. The molecule has 10 nitrogen and oxygen atoms in total. The number of para-hydroxylation sites is 1. The van der Waals surface area contributed by atoms with Gasteiger partial charge in [-0.1, -0.05) is 37.2 Å². The predicted octanol–water partition coefficient (Wildman–Crippen LogP) is 5.14. The molecule has 1 aliphatic carbocycles. The molecule has 1 aromatic heterocycles. The maximum atomic E-state index is 12.6. The van der Waals surface area contributed by atoms with Crippen LogP contribution in [0.4, 0.5) is 11.4 Å². The minimum Gasteiger partial charge on any atom is -0.318 e. The van der Waals surface area contributed by atoms with Gasteiger partial charge in [-0.3, -0.25) is 20.2 Å². The number of nitro benzene ring substituents is 2. The third kappa shape index (κ3) is 4.42. The molecule has 0 N–H and O–H groups in total. The van der Waals surface area contributed by atoms with Crippen LogP contribution in [0.2, 0.25) is 0 Å². The van der Waals surface area contributed by atoms with Gasteiger partial charge in [0.15, 0.2) is 0 Å². The average Bonchev–Trinajstić information content (AvgIpc) is 3.11. The molecule has 174 valence electrons. The lowest BCUT2D eigenvalue weighted by atomic mass is 9.76. The lowest BCUT2D eigenvalue weighted by molar-refractivity contribution is -0.394. The van der Waals surface area contributed by atoms with Crippen molar-refractivity contribution < 1.29 is 19.5 Å². The maximum Gasteiger partial charge on any atom is 0.366 e. The molecule has 0 atom stereocenters. The van der Waals surface area contributed by atoms with Crippen molar-refractivity contribution in [2.45, 2.75) is 33.6 Å². The Hall–Kier alpha value is -4.34. The predicted molar refractivity (Wildman–Crippen MR) is 124 cm³/mol. The van der Waals surface area contributed by atoms with E-state index in [0.29, 0.717) is 12.1 Å². The summed E-state index contributed by atoms with van der Waals surface area (Å²) in [6.07, 6.45) is 1.33. The average molecular weight is 462 g/mol. The number of rotatable bonds is 5. The van der Waals surface area contributed by atoms with E-state index in [1.54, 1.807) is 0 Å². The number of oxime groups is 1. The second-order valence-electron chi connectivity index (χ2n) is 9.00. The van der Waals surface area contributed by atoms with Crippen molar-refractivity contribution in [1.29, 1.82) is 0 Å². The first-order valence-corrected chi connectivity index (χ1v) is 10.5. The summed E-state index contributed by atoms with van der Waals surface area (Å²) in [5.41, 5.74) is 2.84. The molecular weight excluding hydrogens is 440 g/mol. The Bertz CT molecular complexity index is 1310. The fourth-order valence-electron chi connectivity index (χ4n) is 4.27. The van der Waals surface area contributed by atoms with Crippen molar-refractivity contribution in [3.8, 4) is 5.69 Å². The van der Waals surface area contributed by atoms with Gasteiger partial charge in [-0.2, -0.15) is 0 Å². The summed E-state index contributed by atoms with van der Waals surface area (Å²) in [5.74, 6) is -1.01. The van der Waals surface area contributed by atoms with E-state index in [-0.39, 0.29) is 11.0 Å². The zero-order chi connectivity index (χ0) is 24.6. The van der Waals surface area contributed by atoms with Crippen LogP contribution in [0.3, 0.4) is 0 Å². The molecule has 0 aliphatic heterocycles. The maximum absolute atomic E-state index is 12.6. The number of fused-ring (bicyclic) bond motifs is 1. The summed E-state index contributed by atoms with van der Waals surface area (Å²) in [4.78, 5) is 38.4. The van der Waals surface area contributed by atoms with Crippen molar-refractivity contribution in [2.75, 3.05) is 0 Å². The molecule has 0 unspecified atom stereocenters. The van der Waals surface area contributed by atoms with E-state index < -0.39 is 27.2 Å². The molecule has 0 bridgehead atoms. The van der Waals surface area contributed by atoms with Crippen molar-refractivity contribution in [1.82, 2.24) is 4.57 Å². The monoisotopic (exact) mass is 462 g/mol. The smallest absolute Gasteiger partial charge is 0.318 e. The zero-order valence-electron chi connectivity index (χ0n) is 18.8. The molecule has 1 aliphatic rings. The molecule has 0 saturated heterocycles. The van der Waals surface area contributed by atoms with Gasteiger partial charge < -0.3 is 9.40 Å². The Kier molecular flexibility index (Phi) is 5.74. The van der Waals surface area contributed by atoms with Gasteiger partial charge in [0.2, 0.25) is 0 Å². The summed E-state index contributed by atoms with van der Waals surface area (Å²) in [6, 6.07) is 14.5. The minimum atomic E-state index is -1.01. The van der Waals surface area contributed by atoms with Crippen LogP contribution in [0.25, 0.3) is 5.69 Å². The number of aromatic nitrogens is 1. The Balaban J connectivity index is 1.71. The van der Waals surface area contributed by atoms with Crippen molar-refractivity contribution in [3.63, 3.8) is 0 Å². The van der Waals surface area contributed by atoms with Crippen LogP contribution in [-0.2, 0) is 11.3 Å². The van der Waals surface area contributed by atoms with Crippen LogP contribution in [0.1, 0.15) is 47.6 Å². The van der Waals surface area contributed by atoms with E-state index in [2.05, 4.69) is 23.6 Å². The summed E-state index contributed by atoms with van der Waals surface area (Å²) < 4.78 is 2.15. The van der Waals surface area contributed by atoms with E-state index in [1.165, 1.54) is 0 Å². The highest BCUT2D eigenvalue weighted by Gasteiger charge is 2.34. The molecule has 10 heteroatoms. The number of hydrogen-bond donors (Lipinski definition) is 0. The third-order valence-corrected chi connectivity index (χ3v) is 5.70. The van der Waals surface area contributed by atoms with Crippen LogP contribution in [0.5, 0.6) is 0 Å². The molecule has 4 rings (SSSR count). The number of carbonyl (C=O) groups excluding carboxylic acids is 1. The van der Waals surface area contributed by atoms with Crippen LogP contribution in [0.15, 0.2) is 59.8 Å². The number of hydrogen-bond acceptors (Lipinski definition) is 7. The summed E-state index contributed by atoms with van der Waals surface area (Å²) >= 11 is 0. The van der Waals surface area contributed by atoms with E-state index in [9.17, 15) is 25.0 Å². The van der Waals surface area contributed by atoms with Crippen LogP contribution >= 0.6 is 0 Å². The number of benzene rings is 2. The lowest BCUT2D eigenvalue weighted by Gasteiger charge is -2.31. The Morgan fingerprint density at radius 2 is 1.62 bits per heavy atom. The zero-order valence-corrected chi connectivity index (χ0v) is 18.8. The van der Waals surface area contributed by atoms with Gasteiger partial charge >= 0.3 is 5.97 Å². The molecule has 3 aromatic rings. The van der Waals surface area contributed by atoms with E-state index >= 15 is 0 Å². The van der Waals surface area contributed by atoms with Gasteiger partial charge in [-0.25, -0.2) is 4.79 Å². The highest BCUT2D eigenvalue weighted by Crippen LogP contribution is 2.38. The van der Waals surface area contributed by atoms with E-state index in [0.717, 1.165) is 47.3 Å². The van der Waals surface area contributed by atoms with Gasteiger partial charge in [0.25, 0.3) is 11.4 Å². The van der Waals surface area contributed by atoms with E-state index in [4.69, 9.17) is 4.84 Å². The molecule has 1 heterocycles. The second-order valence-corrected chi connectivity index (χ2v) is 9.00. The number of non-ortho nitro benzene ring substituents is 2. The number of nitro groups is 2. The van der Waals surface area contributed by atoms with Crippen LogP contribution in [-0.4, -0.2) is 26.1 Å². The standard InChI is InChI=1S/C24H22N4O6/c1-15-9-20-21(13-24(2,3)14-22(20)26(15)17-7-5-4-6-8-17)25-34-23(29)16-10-18(27(30)31)12-19(11-16)28(32)33/h4-12H,13-14H2,1-3H3/b25-21+. The Labute approximate surface area is 194 Å². The number of carbonyl (C=O) groups is 1. The lowest BCUT2D eigenvalue weighted by Crippen LogP contribution is -2.28. The number of aryl methyl sites for hydroxylation is 1. The molecule has 0 amide bonds. The fourth-order valence-corrected chi connectivity index (χ4v) is 4.27. The van der Waals surface area contributed by atoms with Gasteiger partial charge in [-0.05, 0) is 43.4 Å². The van der Waals surface area contributed by atoms with Gasteiger partial charge in [0, 0.05) is 34.8 Å². The van der Waals surface area contributed by atoms with Crippen molar-refractivity contribution in [2.24, 2.45) is 10.6 Å². The second kappa shape index (κ2) is 8.54. The topological polar surface area (TPSA) is 130 Å². The molecule has 0 spiro atoms. The highest BCUT2D eigenvalue weighted by molar-refractivity contribution is 6.04. The van der Waals surface area contributed by atoms with Crippen LogP contribution < -0.4 is 0 Å². The molecule has 0 saturated carbocycles.